The highest BCUT2D eigenvalue weighted by molar-refractivity contribution is 6.39. The Morgan fingerprint density at radius 1 is 1.32 bits per heavy atom. The molecule has 1 aromatic heterocycles. The summed E-state index contributed by atoms with van der Waals surface area (Å²) in [6.07, 6.45) is 2.15. The van der Waals surface area contributed by atoms with Crippen LogP contribution in [-0.4, -0.2) is 15.7 Å². The van der Waals surface area contributed by atoms with E-state index in [1.807, 2.05) is 19.2 Å². The van der Waals surface area contributed by atoms with E-state index in [4.69, 9.17) is 23.2 Å². The minimum absolute atomic E-state index is 0.150. The van der Waals surface area contributed by atoms with Gasteiger partial charge in [-0.2, -0.15) is 5.10 Å². The SMILES string of the molecule is Cc1ccn(CCC(=O)Nc2c(Cl)cccc2Cl)n1. The third kappa shape index (κ3) is 3.72. The molecular weight excluding hydrogens is 285 g/mol. The highest BCUT2D eigenvalue weighted by Crippen LogP contribution is 2.29. The zero-order chi connectivity index (χ0) is 13.8. The van der Waals surface area contributed by atoms with Crippen molar-refractivity contribution in [2.45, 2.75) is 19.9 Å². The lowest BCUT2D eigenvalue weighted by atomic mass is 10.3. The summed E-state index contributed by atoms with van der Waals surface area (Å²) < 4.78 is 1.73. The second-order valence-corrected chi connectivity index (χ2v) is 4.93. The highest BCUT2D eigenvalue weighted by atomic mass is 35.5. The molecule has 1 N–H and O–H groups in total. The monoisotopic (exact) mass is 297 g/mol. The maximum Gasteiger partial charge on any atom is 0.226 e. The van der Waals surface area contributed by atoms with Gasteiger partial charge < -0.3 is 5.32 Å². The first-order valence-electron chi connectivity index (χ1n) is 5.80. The van der Waals surface area contributed by atoms with Crippen LogP contribution in [0, 0.1) is 6.92 Å². The molecule has 19 heavy (non-hydrogen) atoms. The lowest BCUT2D eigenvalue weighted by Crippen LogP contribution is -2.15. The minimum Gasteiger partial charge on any atom is -0.323 e. The van der Waals surface area contributed by atoms with Crippen molar-refractivity contribution in [2.75, 3.05) is 5.32 Å². The number of carbonyl (C=O) groups is 1. The molecule has 0 fully saturated rings. The number of nitrogens with zero attached hydrogens (tertiary/aromatic N) is 2. The Hall–Kier alpha value is -1.52. The molecule has 0 aliphatic heterocycles. The van der Waals surface area contributed by atoms with Crippen molar-refractivity contribution in [1.82, 2.24) is 9.78 Å². The van der Waals surface area contributed by atoms with E-state index in [9.17, 15) is 4.79 Å². The first-order valence-corrected chi connectivity index (χ1v) is 6.56. The number of aryl methyl sites for hydroxylation is 2. The number of para-hydroxylation sites is 1. The molecule has 4 nitrogen and oxygen atoms in total. The summed E-state index contributed by atoms with van der Waals surface area (Å²) in [5, 5.41) is 7.77. The zero-order valence-electron chi connectivity index (χ0n) is 10.4. The van der Waals surface area contributed by atoms with Crippen LogP contribution in [0.1, 0.15) is 12.1 Å². The number of hydrogen-bond donors (Lipinski definition) is 1. The molecule has 0 unspecified atom stereocenters. The van der Waals surface area contributed by atoms with Gasteiger partial charge in [0.1, 0.15) is 0 Å². The first kappa shape index (κ1) is 13.9. The van der Waals surface area contributed by atoms with E-state index in [0.29, 0.717) is 28.7 Å². The van der Waals surface area contributed by atoms with Gasteiger partial charge in [0.15, 0.2) is 0 Å². The van der Waals surface area contributed by atoms with Crippen LogP contribution in [0.5, 0.6) is 0 Å². The molecule has 0 radical (unpaired) electrons. The Morgan fingerprint density at radius 3 is 2.58 bits per heavy atom. The fourth-order valence-electron chi connectivity index (χ4n) is 1.62. The number of aromatic nitrogens is 2. The van der Waals surface area contributed by atoms with Crippen LogP contribution < -0.4 is 5.32 Å². The van der Waals surface area contributed by atoms with Gasteiger partial charge in [0.2, 0.25) is 5.91 Å². The predicted octanol–water partition coefficient (Wildman–Crippen LogP) is 3.53. The van der Waals surface area contributed by atoms with Crippen LogP contribution in [0.15, 0.2) is 30.5 Å². The second-order valence-electron chi connectivity index (χ2n) is 4.12. The number of halogens is 2. The van der Waals surface area contributed by atoms with Crippen molar-refractivity contribution < 1.29 is 4.79 Å². The van der Waals surface area contributed by atoms with Crippen LogP contribution in [0.4, 0.5) is 5.69 Å². The van der Waals surface area contributed by atoms with Crippen LogP contribution >= 0.6 is 23.2 Å². The van der Waals surface area contributed by atoms with Gasteiger partial charge in [-0.3, -0.25) is 9.48 Å². The number of rotatable bonds is 4. The predicted molar refractivity (Wildman–Crippen MR) is 76.7 cm³/mol. The van der Waals surface area contributed by atoms with Gasteiger partial charge in [0, 0.05) is 19.2 Å². The molecule has 0 aliphatic rings. The van der Waals surface area contributed by atoms with Crippen molar-refractivity contribution >= 4 is 34.8 Å². The molecule has 6 heteroatoms. The number of carbonyl (C=O) groups excluding carboxylic acids is 1. The Bertz CT molecular complexity index is 575. The summed E-state index contributed by atoms with van der Waals surface area (Å²) in [5.74, 6) is -0.150. The van der Waals surface area contributed by atoms with Crippen molar-refractivity contribution in [3.8, 4) is 0 Å². The summed E-state index contributed by atoms with van der Waals surface area (Å²) in [5.41, 5.74) is 1.38. The average Bonchev–Trinajstić information content (AvgIpc) is 2.77. The lowest BCUT2D eigenvalue weighted by Gasteiger charge is -2.09. The number of amides is 1. The largest absolute Gasteiger partial charge is 0.323 e. The molecule has 0 saturated carbocycles. The van der Waals surface area contributed by atoms with Crippen molar-refractivity contribution in [1.29, 1.82) is 0 Å². The Kier molecular flexibility index (Phi) is 4.45. The highest BCUT2D eigenvalue weighted by Gasteiger charge is 2.09. The quantitative estimate of drug-likeness (QED) is 0.938. The fourth-order valence-corrected chi connectivity index (χ4v) is 2.11. The van der Waals surface area contributed by atoms with E-state index in [0.717, 1.165) is 5.69 Å². The molecule has 0 bridgehead atoms. The van der Waals surface area contributed by atoms with Crippen molar-refractivity contribution in [2.24, 2.45) is 0 Å². The summed E-state index contributed by atoms with van der Waals surface area (Å²) in [6, 6.07) is 6.98. The molecule has 100 valence electrons. The van der Waals surface area contributed by atoms with Crippen molar-refractivity contribution in [3.63, 3.8) is 0 Å². The Morgan fingerprint density at radius 2 is 2.00 bits per heavy atom. The fraction of sp³-hybridized carbons (Fsp3) is 0.231. The summed E-state index contributed by atoms with van der Waals surface area (Å²) in [7, 11) is 0. The molecule has 1 heterocycles. The topological polar surface area (TPSA) is 46.9 Å². The average molecular weight is 298 g/mol. The number of hydrogen-bond acceptors (Lipinski definition) is 2. The number of benzene rings is 1. The number of anilines is 1. The smallest absolute Gasteiger partial charge is 0.226 e. The maximum absolute atomic E-state index is 11.8. The van der Waals surface area contributed by atoms with Gasteiger partial charge in [0.05, 0.1) is 21.4 Å². The van der Waals surface area contributed by atoms with Crippen LogP contribution in [0.2, 0.25) is 10.0 Å². The van der Waals surface area contributed by atoms with Gasteiger partial charge >= 0.3 is 0 Å². The van der Waals surface area contributed by atoms with Crippen molar-refractivity contribution in [3.05, 3.63) is 46.2 Å². The Balaban J connectivity index is 1.94. The zero-order valence-corrected chi connectivity index (χ0v) is 11.9. The van der Waals surface area contributed by atoms with E-state index < -0.39 is 0 Å². The van der Waals surface area contributed by atoms with Gasteiger partial charge in [-0.1, -0.05) is 29.3 Å². The summed E-state index contributed by atoms with van der Waals surface area (Å²) in [4.78, 5) is 11.8. The molecule has 1 aromatic carbocycles. The first-order chi connectivity index (χ1) is 9.06. The van der Waals surface area contributed by atoms with Gasteiger partial charge in [0.25, 0.3) is 0 Å². The molecule has 0 saturated heterocycles. The van der Waals surface area contributed by atoms with Gasteiger partial charge in [-0.15, -0.1) is 0 Å². The normalized spacial score (nSPS) is 10.5. The van der Waals surface area contributed by atoms with Crippen LogP contribution in [-0.2, 0) is 11.3 Å². The van der Waals surface area contributed by atoms with Crippen LogP contribution in [0.3, 0.4) is 0 Å². The molecule has 0 spiro atoms. The van der Waals surface area contributed by atoms with E-state index >= 15 is 0 Å². The summed E-state index contributed by atoms with van der Waals surface area (Å²) in [6.45, 7) is 2.42. The summed E-state index contributed by atoms with van der Waals surface area (Å²) >= 11 is 12.0. The standard InChI is InChI=1S/C13H13Cl2N3O/c1-9-5-7-18(17-9)8-6-12(19)16-13-10(14)3-2-4-11(13)15/h2-5,7H,6,8H2,1H3,(H,16,19). The third-order valence-electron chi connectivity index (χ3n) is 2.57. The molecule has 2 rings (SSSR count). The van der Waals surface area contributed by atoms with Gasteiger partial charge in [-0.05, 0) is 25.1 Å². The molecular formula is C13H13Cl2N3O. The number of nitrogens with one attached hydrogen (secondary N) is 1. The molecule has 0 atom stereocenters. The lowest BCUT2D eigenvalue weighted by molar-refractivity contribution is -0.116. The van der Waals surface area contributed by atoms with E-state index in [1.54, 1.807) is 22.9 Å². The molecule has 1 amide bonds. The second kappa shape index (κ2) is 6.08. The van der Waals surface area contributed by atoms with E-state index in [-0.39, 0.29) is 5.91 Å². The van der Waals surface area contributed by atoms with Crippen LogP contribution in [0.25, 0.3) is 0 Å². The maximum atomic E-state index is 11.8. The molecule has 0 aliphatic carbocycles. The minimum atomic E-state index is -0.150. The van der Waals surface area contributed by atoms with E-state index in [1.165, 1.54) is 0 Å². The Labute approximate surface area is 121 Å². The van der Waals surface area contributed by atoms with Gasteiger partial charge in [-0.25, -0.2) is 0 Å². The van der Waals surface area contributed by atoms with E-state index in [2.05, 4.69) is 10.4 Å². The molecule has 2 aromatic rings. The third-order valence-corrected chi connectivity index (χ3v) is 3.20.